The minimum atomic E-state index is -5.62. The Morgan fingerprint density at radius 1 is 1.14 bits per heavy atom. The number of sulfonamides is 1. The lowest BCUT2D eigenvalue weighted by molar-refractivity contribution is -0.0429. The second kappa shape index (κ2) is 9.15. The number of fused-ring (bicyclic) bond motifs is 1. The van der Waals surface area contributed by atoms with Crippen LogP contribution in [0.15, 0.2) is 62.2 Å². The molecule has 4 rings (SSSR count). The van der Waals surface area contributed by atoms with Crippen molar-refractivity contribution in [3.8, 4) is 11.3 Å². The highest BCUT2D eigenvalue weighted by Gasteiger charge is 2.46. The average molecular weight is 570 g/mol. The van der Waals surface area contributed by atoms with Gasteiger partial charge in [0.1, 0.15) is 11.4 Å². The van der Waals surface area contributed by atoms with Gasteiger partial charge in [0.2, 0.25) is 0 Å². The van der Waals surface area contributed by atoms with Crippen molar-refractivity contribution in [1.82, 2.24) is 9.55 Å². The van der Waals surface area contributed by atoms with Gasteiger partial charge in [0, 0.05) is 29.1 Å². The number of benzene rings is 2. The van der Waals surface area contributed by atoms with Crippen LogP contribution in [0.4, 0.5) is 18.9 Å². The quantitative estimate of drug-likeness (QED) is 0.326. The fourth-order valence-corrected chi connectivity index (χ4v) is 4.85. The lowest BCUT2D eigenvalue weighted by Gasteiger charge is -2.13. The van der Waals surface area contributed by atoms with Gasteiger partial charge in [-0.15, -0.1) is 0 Å². The molecule has 2 aromatic heterocycles. The van der Waals surface area contributed by atoms with Gasteiger partial charge < -0.3 is 4.42 Å². The van der Waals surface area contributed by atoms with E-state index in [4.69, 9.17) is 4.42 Å². The molecule has 0 unspecified atom stereocenters. The van der Waals surface area contributed by atoms with Crippen molar-refractivity contribution >= 4 is 42.6 Å². The summed E-state index contributed by atoms with van der Waals surface area (Å²) in [4.78, 5) is 17.0. The molecule has 2 heterocycles. The predicted octanol–water partition coefficient (Wildman–Crippen LogP) is 5.60. The summed E-state index contributed by atoms with van der Waals surface area (Å²) in [6.07, 6.45) is 0.573. The van der Waals surface area contributed by atoms with E-state index in [9.17, 15) is 26.4 Å². The number of nitrogens with one attached hydrogen (secondary N) is 1. The Balaban J connectivity index is 1.76. The maximum absolute atomic E-state index is 12.9. The van der Waals surface area contributed by atoms with Crippen molar-refractivity contribution in [3.05, 3.63) is 80.4 Å². The van der Waals surface area contributed by atoms with Gasteiger partial charge in [0.25, 0.3) is 5.56 Å². The Hall–Kier alpha value is -3.12. The zero-order valence-corrected chi connectivity index (χ0v) is 20.9. The molecule has 0 saturated heterocycles. The number of alkyl halides is 3. The highest BCUT2D eigenvalue weighted by Crippen LogP contribution is 2.41. The summed E-state index contributed by atoms with van der Waals surface area (Å²) in [5.74, 6) is 0.800. The number of nitrogens with zero attached hydrogens (tertiary/aromatic N) is 2. The van der Waals surface area contributed by atoms with Gasteiger partial charge >= 0.3 is 15.5 Å². The van der Waals surface area contributed by atoms with Gasteiger partial charge in [0.15, 0.2) is 5.76 Å². The fourth-order valence-electron chi connectivity index (χ4n) is 3.66. The van der Waals surface area contributed by atoms with E-state index in [2.05, 4.69) is 20.9 Å². The number of halogens is 4. The lowest BCUT2D eigenvalue weighted by atomic mass is 10.1. The summed E-state index contributed by atoms with van der Waals surface area (Å²) in [6, 6.07) is 12.3. The van der Waals surface area contributed by atoms with E-state index in [0.717, 1.165) is 5.56 Å². The Labute approximate surface area is 206 Å². The third-order valence-corrected chi connectivity index (χ3v) is 7.17. The first-order valence-electron chi connectivity index (χ1n) is 10.4. The predicted molar refractivity (Wildman–Crippen MR) is 130 cm³/mol. The van der Waals surface area contributed by atoms with Gasteiger partial charge in [-0.25, -0.2) is 4.98 Å². The highest BCUT2D eigenvalue weighted by molar-refractivity contribution is 9.10. The molecular formula is C23H19BrF3N3O4S. The van der Waals surface area contributed by atoms with Crippen LogP contribution >= 0.6 is 15.9 Å². The molecule has 7 nitrogen and oxygen atoms in total. The molecule has 2 aromatic carbocycles. The number of furan rings is 1. The number of para-hydroxylation sites is 1. The van der Waals surface area contributed by atoms with Gasteiger partial charge in [0.05, 0.1) is 16.7 Å². The van der Waals surface area contributed by atoms with Crippen molar-refractivity contribution in [2.24, 2.45) is 0 Å². The second-order valence-electron chi connectivity index (χ2n) is 7.76. The minimum Gasteiger partial charge on any atom is -0.455 e. The maximum Gasteiger partial charge on any atom is 0.516 e. The molecule has 0 spiro atoms. The van der Waals surface area contributed by atoms with E-state index in [-0.39, 0.29) is 29.1 Å². The molecule has 0 atom stereocenters. The number of hydrogen-bond donors (Lipinski definition) is 1. The Kier molecular flexibility index (Phi) is 6.54. The SMILES string of the molecule is CCc1nc(C)cc(=O)n1Cc1ccc2oc(-c3ccccc3NS(=O)(=O)C(F)(F)F)c(Br)c2c1. The van der Waals surface area contributed by atoms with Crippen LogP contribution in [0.25, 0.3) is 22.3 Å². The highest BCUT2D eigenvalue weighted by atomic mass is 79.9. The molecule has 0 bridgehead atoms. The number of aromatic nitrogens is 2. The van der Waals surface area contributed by atoms with Crippen molar-refractivity contribution in [2.45, 2.75) is 32.3 Å². The second-order valence-corrected chi connectivity index (χ2v) is 10.2. The number of hydrogen-bond acceptors (Lipinski definition) is 5. The first kappa shape index (κ1) is 25.0. The molecule has 0 fully saturated rings. The van der Waals surface area contributed by atoms with Crippen LogP contribution in [0.3, 0.4) is 0 Å². The molecule has 0 aliphatic carbocycles. The van der Waals surface area contributed by atoms with Gasteiger partial charge in [-0.3, -0.25) is 14.1 Å². The van der Waals surface area contributed by atoms with E-state index in [1.165, 1.54) is 24.3 Å². The van der Waals surface area contributed by atoms with E-state index < -0.39 is 15.5 Å². The average Bonchev–Trinajstić information content (AvgIpc) is 3.10. The summed E-state index contributed by atoms with van der Waals surface area (Å²) in [5.41, 5.74) is -3.96. The molecule has 0 aliphatic rings. The Morgan fingerprint density at radius 3 is 2.54 bits per heavy atom. The van der Waals surface area contributed by atoms with Crippen molar-refractivity contribution in [3.63, 3.8) is 0 Å². The molecule has 0 radical (unpaired) electrons. The largest absolute Gasteiger partial charge is 0.516 e. The van der Waals surface area contributed by atoms with E-state index >= 15 is 0 Å². The van der Waals surface area contributed by atoms with Gasteiger partial charge in [-0.2, -0.15) is 21.6 Å². The topological polar surface area (TPSA) is 94.2 Å². The summed E-state index contributed by atoms with van der Waals surface area (Å²) in [6.45, 7) is 3.93. The van der Waals surface area contributed by atoms with Crippen LogP contribution in [-0.2, 0) is 23.0 Å². The van der Waals surface area contributed by atoms with Crippen molar-refractivity contribution in [1.29, 1.82) is 0 Å². The van der Waals surface area contributed by atoms with Crippen molar-refractivity contribution in [2.75, 3.05) is 4.72 Å². The van der Waals surface area contributed by atoms with Gasteiger partial charge in [-0.1, -0.05) is 25.1 Å². The monoisotopic (exact) mass is 569 g/mol. The number of aryl methyl sites for hydroxylation is 2. The summed E-state index contributed by atoms with van der Waals surface area (Å²) in [7, 11) is -5.62. The van der Waals surface area contributed by atoms with E-state index in [1.54, 1.807) is 40.5 Å². The molecule has 0 amide bonds. The van der Waals surface area contributed by atoms with Crippen LogP contribution in [0.2, 0.25) is 0 Å². The summed E-state index contributed by atoms with van der Waals surface area (Å²) >= 11 is 3.44. The Morgan fingerprint density at radius 2 is 1.86 bits per heavy atom. The fraction of sp³-hybridized carbons (Fsp3) is 0.217. The third-order valence-electron chi connectivity index (χ3n) is 5.28. The molecular weight excluding hydrogens is 551 g/mol. The van der Waals surface area contributed by atoms with Crippen LogP contribution in [0, 0.1) is 6.92 Å². The normalized spacial score (nSPS) is 12.3. The Bertz CT molecular complexity index is 1590. The first-order valence-corrected chi connectivity index (χ1v) is 12.7. The van der Waals surface area contributed by atoms with E-state index in [1.807, 2.05) is 6.92 Å². The molecule has 4 aromatic rings. The smallest absolute Gasteiger partial charge is 0.455 e. The number of rotatable bonds is 6. The van der Waals surface area contributed by atoms with Crippen LogP contribution in [-0.4, -0.2) is 23.5 Å². The zero-order valence-electron chi connectivity index (χ0n) is 18.5. The van der Waals surface area contributed by atoms with Crippen LogP contribution in [0.5, 0.6) is 0 Å². The van der Waals surface area contributed by atoms with Crippen LogP contribution in [0.1, 0.15) is 24.0 Å². The summed E-state index contributed by atoms with van der Waals surface area (Å²) in [5, 5.41) is 0.608. The lowest BCUT2D eigenvalue weighted by Crippen LogP contribution is -2.30. The third kappa shape index (κ3) is 4.85. The molecule has 184 valence electrons. The standard InChI is InChI=1S/C23H19BrF3N3O4S/c1-3-19-28-13(2)10-20(31)30(19)12-14-8-9-18-16(11-14)21(24)22(34-18)15-6-4-5-7-17(15)29-35(32,33)23(25,26)27/h4-11,29H,3,12H2,1-2H3. The maximum atomic E-state index is 12.9. The molecule has 0 aliphatic heterocycles. The van der Waals surface area contributed by atoms with Crippen molar-refractivity contribution < 1.29 is 26.0 Å². The van der Waals surface area contributed by atoms with E-state index in [0.29, 0.717) is 33.4 Å². The molecule has 35 heavy (non-hydrogen) atoms. The zero-order chi connectivity index (χ0) is 25.5. The number of anilines is 1. The summed E-state index contributed by atoms with van der Waals surface area (Å²) < 4.78 is 71.5. The molecule has 12 heteroatoms. The van der Waals surface area contributed by atoms with Crippen LogP contribution < -0.4 is 10.3 Å². The molecule has 1 N–H and O–H groups in total. The first-order chi connectivity index (χ1) is 16.4. The van der Waals surface area contributed by atoms with Gasteiger partial charge in [-0.05, 0) is 52.7 Å². The molecule has 0 saturated carbocycles. The minimum absolute atomic E-state index is 0.122.